The molecule has 4 nitrogen and oxygen atoms in total. The molecule has 0 amide bonds. The standard InChI is InChI=1S/C16H12N4/c17-8-11-4-5-16-19-9-15(20(16)10-11)13-2-1-3-14-12(13)6-7-18-14/h1-5,9-10,18H,6-7H2. The third-order valence-corrected chi connectivity index (χ3v) is 3.78. The van der Waals surface area contributed by atoms with Crippen molar-refractivity contribution in [3.8, 4) is 17.3 Å². The molecule has 1 N–H and O–H groups in total. The quantitative estimate of drug-likeness (QED) is 0.732. The van der Waals surface area contributed by atoms with Crippen LogP contribution >= 0.6 is 0 Å². The number of benzene rings is 1. The number of hydrogen-bond acceptors (Lipinski definition) is 3. The SMILES string of the molecule is N#Cc1ccc2ncc(-c3cccc4c3CCN4)n2c1. The molecule has 0 fully saturated rings. The highest BCUT2D eigenvalue weighted by atomic mass is 15.0. The van der Waals surface area contributed by atoms with E-state index < -0.39 is 0 Å². The Morgan fingerprint density at radius 2 is 2.20 bits per heavy atom. The van der Waals surface area contributed by atoms with Gasteiger partial charge in [0.2, 0.25) is 0 Å². The molecule has 96 valence electrons. The molecule has 4 rings (SSSR count). The van der Waals surface area contributed by atoms with Crippen LogP contribution < -0.4 is 5.32 Å². The number of anilines is 1. The molecule has 0 aliphatic carbocycles. The molecule has 1 aliphatic rings. The topological polar surface area (TPSA) is 53.1 Å². The van der Waals surface area contributed by atoms with Gasteiger partial charge in [0, 0.05) is 24.0 Å². The Bertz CT molecular complexity index is 855. The summed E-state index contributed by atoms with van der Waals surface area (Å²) in [5.74, 6) is 0. The van der Waals surface area contributed by atoms with Crippen LogP contribution in [0.15, 0.2) is 42.7 Å². The van der Waals surface area contributed by atoms with Crippen LogP contribution in [0, 0.1) is 11.3 Å². The van der Waals surface area contributed by atoms with Gasteiger partial charge in [-0.3, -0.25) is 4.40 Å². The molecule has 0 bridgehead atoms. The molecule has 3 aromatic rings. The Morgan fingerprint density at radius 3 is 3.10 bits per heavy atom. The lowest BCUT2D eigenvalue weighted by atomic mass is 10.0. The second-order valence-electron chi connectivity index (χ2n) is 4.91. The van der Waals surface area contributed by atoms with E-state index in [9.17, 15) is 0 Å². The summed E-state index contributed by atoms with van der Waals surface area (Å²) in [4.78, 5) is 4.43. The number of imidazole rings is 1. The first-order valence-corrected chi connectivity index (χ1v) is 6.60. The van der Waals surface area contributed by atoms with Crippen LogP contribution in [-0.4, -0.2) is 15.9 Å². The lowest BCUT2D eigenvalue weighted by molar-refractivity contribution is 1.10. The van der Waals surface area contributed by atoms with Crippen molar-refractivity contribution in [2.75, 3.05) is 11.9 Å². The summed E-state index contributed by atoms with van der Waals surface area (Å²) in [5.41, 5.74) is 6.27. The third kappa shape index (κ3) is 1.50. The van der Waals surface area contributed by atoms with Gasteiger partial charge in [0.05, 0.1) is 17.5 Å². The summed E-state index contributed by atoms with van der Waals surface area (Å²) in [6.45, 7) is 0.979. The second kappa shape index (κ2) is 4.10. The number of nitrogens with one attached hydrogen (secondary N) is 1. The molecule has 0 saturated carbocycles. The van der Waals surface area contributed by atoms with Crippen LogP contribution in [0.5, 0.6) is 0 Å². The van der Waals surface area contributed by atoms with Gasteiger partial charge in [-0.25, -0.2) is 4.98 Å². The van der Waals surface area contributed by atoms with Crippen molar-refractivity contribution < 1.29 is 0 Å². The maximum absolute atomic E-state index is 9.06. The Labute approximate surface area is 116 Å². The van der Waals surface area contributed by atoms with E-state index in [0.29, 0.717) is 5.56 Å². The summed E-state index contributed by atoms with van der Waals surface area (Å²) in [7, 11) is 0. The highest BCUT2D eigenvalue weighted by molar-refractivity contribution is 5.75. The maximum atomic E-state index is 9.06. The highest BCUT2D eigenvalue weighted by Gasteiger charge is 2.17. The number of nitrogens with zero attached hydrogens (tertiary/aromatic N) is 3. The molecule has 0 saturated heterocycles. The van der Waals surface area contributed by atoms with Gasteiger partial charge in [0.1, 0.15) is 11.7 Å². The molecule has 3 heterocycles. The lowest BCUT2D eigenvalue weighted by Crippen LogP contribution is -1.93. The molecule has 1 aliphatic heterocycles. The van der Waals surface area contributed by atoms with Gasteiger partial charge in [0.25, 0.3) is 0 Å². The molecule has 0 spiro atoms. The van der Waals surface area contributed by atoms with Crippen LogP contribution in [0.3, 0.4) is 0 Å². The van der Waals surface area contributed by atoms with Crippen molar-refractivity contribution in [2.45, 2.75) is 6.42 Å². The maximum Gasteiger partial charge on any atom is 0.137 e. The van der Waals surface area contributed by atoms with Gasteiger partial charge in [-0.1, -0.05) is 12.1 Å². The summed E-state index contributed by atoms with van der Waals surface area (Å²) in [6, 6.07) is 12.1. The van der Waals surface area contributed by atoms with Crippen LogP contribution in [0.1, 0.15) is 11.1 Å². The van der Waals surface area contributed by atoms with Crippen molar-refractivity contribution in [1.29, 1.82) is 5.26 Å². The van der Waals surface area contributed by atoms with E-state index in [-0.39, 0.29) is 0 Å². The number of pyridine rings is 1. The van der Waals surface area contributed by atoms with Crippen molar-refractivity contribution in [3.05, 3.63) is 53.9 Å². The molecule has 0 atom stereocenters. The predicted molar refractivity (Wildman–Crippen MR) is 77.5 cm³/mol. The van der Waals surface area contributed by atoms with Crippen molar-refractivity contribution >= 4 is 11.3 Å². The van der Waals surface area contributed by atoms with Crippen molar-refractivity contribution in [3.63, 3.8) is 0 Å². The van der Waals surface area contributed by atoms with Crippen molar-refractivity contribution in [1.82, 2.24) is 9.38 Å². The molecule has 1 aromatic carbocycles. The van der Waals surface area contributed by atoms with Crippen LogP contribution in [0.4, 0.5) is 5.69 Å². The van der Waals surface area contributed by atoms with E-state index in [4.69, 9.17) is 5.26 Å². The predicted octanol–water partition coefficient (Wildman–Crippen LogP) is 2.84. The Hall–Kier alpha value is -2.80. The normalized spacial score (nSPS) is 12.9. The summed E-state index contributed by atoms with van der Waals surface area (Å²) < 4.78 is 1.99. The first kappa shape index (κ1) is 11.1. The molecule has 20 heavy (non-hydrogen) atoms. The lowest BCUT2D eigenvalue weighted by Gasteiger charge is -2.08. The number of fused-ring (bicyclic) bond motifs is 2. The Balaban J connectivity index is 2.00. The van der Waals surface area contributed by atoms with Gasteiger partial charge in [0.15, 0.2) is 0 Å². The molecular formula is C16H12N4. The highest BCUT2D eigenvalue weighted by Crippen LogP contribution is 2.33. The van der Waals surface area contributed by atoms with Crippen LogP contribution in [0.2, 0.25) is 0 Å². The minimum absolute atomic E-state index is 0.641. The van der Waals surface area contributed by atoms with Gasteiger partial charge in [-0.15, -0.1) is 0 Å². The summed E-state index contributed by atoms with van der Waals surface area (Å²) in [5, 5.41) is 12.4. The minimum Gasteiger partial charge on any atom is -0.384 e. The number of hydrogen-bond donors (Lipinski definition) is 1. The first-order valence-electron chi connectivity index (χ1n) is 6.60. The Kier molecular flexibility index (Phi) is 2.27. The largest absolute Gasteiger partial charge is 0.384 e. The molecular weight excluding hydrogens is 248 g/mol. The van der Waals surface area contributed by atoms with E-state index in [1.807, 2.05) is 22.9 Å². The first-order chi connectivity index (χ1) is 9.86. The molecule has 2 aromatic heterocycles. The number of rotatable bonds is 1. The van der Waals surface area contributed by atoms with Crippen LogP contribution in [0.25, 0.3) is 16.9 Å². The fourth-order valence-electron chi connectivity index (χ4n) is 2.83. The summed E-state index contributed by atoms with van der Waals surface area (Å²) in [6.07, 6.45) is 4.75. The third-order valence-electron chi connectivity index (χ3n) is 3.78. The van der Waals surface area contributed by atoms with E-state index in [1.54, 1.807) is 6.07 Å². The van der Waals surface area contributed by atoms with Crippen molar-refractivity contribution in [2.24, 2.45) is 0 Å². The zero-order valence-corrected chi connectivity index (χ0v) is 10.8. The smallest absolute Gasteiger partial charge is 0.137 e. The van der Waals surface area contributed by atoms with E-state index in [2.05, 4.69) is 34.6 Å². The molecule has 0 radical (unpaired) electrons. The van der Waals surface area contributed by atoms with Gasteiger partial charge >= 0.3 is 0 Å². The molecule has 0 unspecified atom stereocenters. The minimum atomic E-state index is 0.641. The fourth-order valence-corrected chi connectivity index (χ4v) is 2.83. The number of nitriles is 1. The average molecular weight is 260 g/mol. The fraction of sp³-hybridized carbons (Fsp3) is 0.125. The average Bonchev–Trinajstić information content (AvgIpc) is 3.12. The zero-order chi connectivity index (χ0) is 13.5. The van der Waals surface area contributed by atoms with E-state index in [1.165, 1.54) is 16.8 Å². The zero-order valence-electron chi connectivity index (χ0n) is 10.8. The molecule has 4 heteroatoms. The van der Waals surface area contributed by atoms with E-state index >= 15 is 0 Å². The van der Waals surface area contributed by atoms with E-state index in [0.717, 1.165) is 24.3 Å². The summed E-state index contributed by atoms with van der Waals surface area (Å²) >= 11 is 0. The van der Waals surface area contributed by atoms with Gasteiger partial charge in [-0.2, -0.15) is 5.26 Å². The van der Waals surface area contributed by atoms with Gasteiger partial charge < -0.3 is 5.32 Å². The van der Waals surface area contributed by atoms with Gasteiger partial charge in [-0.05, 0) is 30.2 Å². The monoisotopic (exact) mass is 260 g/mol. The Morgan fingerprint density at radius 1 is 1.25 bits per heavy atom. The number of aromatic nitrogens is 2. The van der Waals surface area contributed by atoms with Crippen LogP contribution in [-0.2, 0) is 6.42 Å². The second-order valence-corrected chi connectivity index (χ2v) is 4.91.